The number of nitrogens with zero attached hydrogens (tertiary/aromatic N) is 1. The molecule has 2 rings (SSSR count). The summed E-state index contributed by atoms with van der Waals surface area (Å²) in [6, 6.07) is 7.98. The molecule has 0 aromatic heterocycles. The van der Waals surface area contributed by atoms with Gasteiger partial charge in [-0.15, -0.1) is 0 Å². The summed E-state index contributed by atoms with van der Waals surface area (Å²) in [5.41, 5.74) is 1.03. The highest BCUT2D eigenvalue weighted by atomic mass is 127. The van der Waals surface area contributed by atoms with E-state index in [0.29, 0.717) is 6.61 Å². The van der Waals surface area contributed by atoms with Crippen molar-refractivity contribution in [3.63, 3.8) is 0 Å². The number of halogens is 1. The maximum atomic E-state index is 5.69. The second-order valence-corrected chi connectivity index (χ2v) is 5.24. The van der Waals surface area contributed by atoms with Gasteiger partial charge in [0.2, 0.25) is 5.90 Å². The Labute approximate surface area is 122 Å². The van der Waals surface area contributed by atoms with Gasteiger partial charge in [0.25, 0.3) is 0 Å². The molecule has 0 aliphatic carbocycles. The number of unbranched alkanes of at least 4 members (excludes halogenated alkanes) is 2. The van der Waals surface area contributed by atoms with E-state index in [1.54, 1.807) is 0 Å². The smallest absolute Gasteiger partial charge is 0.216 e. The first kappa shape index (κ1) is 13.6. The predicted molar refractivity (Wildman–Crippen MR) is 82.0 cm³/mol. The number of ether oxygens (including phenoxy) is 2. The van der Waals surface area contributed by atoms with Gasteiger partial charge in [-0.1, -0.05) is 22.6 Å². The number of hydrogen-bond acceptors (Lipinski definition) is 3. The van der Waals surface area contributed by atoms with Gasteiger partial charge in [0.1, 0.15) is 12.4 Å². The summed E-state index contributed by atoms with van der Waals surface area (Å²) in [5, 5.41) is 0. The SMILES string of the molecule is ICCCCCOc1ccc(C2=NCCO2)cc1. The van der Waals surface area contributed by atoms with Crippen LogP contribution in [-0.4, -0.2) is 30.1 Å². The van der Waals surface area contributed by atoms with Crippen molar-refractivity contribution >= 4 is 28.5 Å². The fraction of sp³-hybridized carbons (Fsp3) is 0.500. The van der Waals surface area contributed by atoms with Gasteiger partial charge in [0, 0.05) is 5.56 Å². The monoisotopic (exact) mass is 359 g/mol. The van der Waals surface area contributed by atoms with Gasteiger partial charge in [0.05, 0.1) is 13.2 Å². The zero-order valence-corrected chi connectivity index (χ0v) is 12.6. The van der Waals surface area contributed by atoms with E-state index in [1.807, 2.05) is 24.3 Å². The standard InChI is InChI=1S/C14H18INO2/c15-8-2-1-3-10-17-13-6-4-12(5-7-13)14-16-9-11-18-14/h4-7H,1-3,8-11H2. The molecule has 0 radical (unpaired) electrons. The van der Waals surface area contributed by atoms with Crippen LogP contribution >= 0.6 is 22.6 Å². The van der Waals surface area contributed by atoms with E-state index in [2.05, 4.69) is 27.6 Å². The van der Waals surface area contributed by atoms with Crippen molar-refractivity contribution in [2.24, 2.45) is 4.99 Å². The molecule has 0 bridgehead atoms. The van der Waals surface area contributed by atoms with Crippen LogP contribution < -0.4 is 4.74 Å². The first-order valence-electron chi connectivity index (χ1n) is 6.36. The van der Waals surface area contributed by atoms with E-state index < -0.39 is 0 Å². The van der Waals surface area contributed by atoms with Crippen LogP contribution in [0.5, 0.6) is 5.75 Å². The lowest BCUT2D eigenvalue weighted by Crippen LogP contribution is -2.01. The highest BCUT2D eigenvalue weighted by Gasteiger charge is 2.09. The molecule has 0 unspecified atom stereocenters. The Kier molecular flexibility index (Phi) is 5.77. The molecular weight excluding hydrogens is 341 g/mol. The highest BCUT2D eigenvalue weighted by Crippen LogP contribution is 2.15. The topological polar surface area (TPSA) is 30.8 Å². The van der Waals surface area contributed by atoms with Crippen molar-refractivity contribution in [2.45, 2.75) is 19.3 Å². The van der Waals surface area contributed by atoms with Gasteiger partial charge >= 0.3 is 0 Å². The lowest BCUT2D eigenvalue weighted by molar-refractivity contribution is 0.306. The predicted octanol–water partition coefficient (Wildman–Crippen LogP) is 3.45. The van der Waals surface area contributed by atoms with Gasteiger partial charge < -0.3 is 9.47 Å². The second kappa shape index (κ2) is 7.61. The third kappa shape index (κ3) is 4.15. The van der Waals surface area contributed by atoms with Crippen LogP contribution in [0.2, 0.25) is 0 Å². The van der Waals surface area contributed by atoms with Gasteiger partial charge in [-0.3, -0.25) is 0 Å². The molecule has 0 spiro atoms. The van der Waals surface area contributed by atoms with E-state index in [9.17, 15) is 0 Å². The zero-order chi connectivity index (χ0) is 12.6. The maximum Gasteiger partial charge on any atom is 0.216 e. The molecule has 98 valence electrons. The summed E-state index contributed by atoms with van der Waals surface area (Å²) >= 11 is 2.41. The fourth-order valence-electron chi connectivity index (χ4n) is 1.77. The molecule has 18 heavy (non-hydrogen) atoms. The average molecular weight is 359 g/mol. The average Bonchev–Trinajstić information content (AvgIpc) is 2.93. The second-order valence-electron chi connectivity index (χ2n) is 4.16. The van der Waals surface area contributed by atoms with Crippen molar-refractivity contribution in [1.29, 1.82) is 0 Å². The minimum atomic E-state index is 0.699. The third-order valence-corrected chi connectivity index (χ3v) is 3.50. The van der Waals surface area contributed by atoms with E-state index >= 15 is 0 Å². The van der Waals surface area contributed by atoms with Crippen LogP contribution in [-0.2, 0) is 4.74 Å². The number of rotatable bonds is 7. The van der Waals surface area contributed by atoms with Gasteiger partial charge in [-0.2, -0.15) is 0 Å². The Morgan fingerprint density at radius 3 is 2.67 bits per heavy atom. The minimum Gasteiger partial charge on any atom is -0.494 e. The summed E-state index contributed by atoms with van der Waals surface area (Å²) in [6.07, 6.45) is 3.65. The Bertz CT molecular complexity index is 389. The third-order valence-electron chi connectivity index (χ3n) is 2.73. The maximum absolute atomic E-state index is 5.69. The first-order valence-corrected chi connectivity index (χ1v) is 7.89. The Morgan fingerprint density at radius 2 is 2.00 bits per heavy atom. The van der Waals surface area contributed by atoms with Crippen LogP contribution in [0.15, 0.2) is 29.3 Å². The van der Waals surface area contributed by atoms with Crippen LogP contribution in [0.4, 0.5) is 0 Å². The van der Waals surface area contributed by atoms with Crippen molar-refractivity contribution in [3.05, 3.63) is 29.8 Å². The molecule has 1 aliphatic heterocycles. The molecule has 0 saturated heterocycles. The first-order chi connectivity index (χ1) is 8.90. The molecule has 1 aromatic carbocycles. The van der Waals surface area contributed by atoms with Gasteiger partial charge in [-0.05, 0) is 48.0 Å². The minimum absolute atomic E-state index is 0.699. The summed E-state index contributed by atoms with van der Waals surface area (Å²) < 4.78 is 12.3. The lowest BCUT2D eigenvalue weighted by Gasteiger charge is -2.07. The molecule has 0 amide bonds. The normalized spacial score (nSPS) is 14.2. The zero-order valence-electron chi connectivity index (χ0n) is 10.4. The molecule has 1 aromatic rings. The summed E-state index contributed by atoms with van der Waals surface area (Å²) in [6.45, 7) is 2.27. The molecular formula is C14H18INO2. The van der Waals surface area contributed by atoms with E-state index in [1.165, 1.54) is 17.3 Å². The summed E-state index contributed by atoms with van der Waals surface area (Å²) in [5.74, 6) is 1.68. The van der Waals surface area contributed by atoms with Crippen LogP contribution in [0.25, 0.3) is 0 Å². The number of aliphatic imine (C=N–C) groups is 1. The molecule has 4 heteroatoms. The largest absolute Gasteiger partial charge is 0.494 e. The molecule has 0 N–H and O–H groups in total. The van der Waals surface area contributed by atoms with Crippen LogP contribution in [0, 0.1) is 0 Å². The summed E-state index contributed by atoms with van der Waals surface area (Å²) in [7, 11) is 0. The van der Waals surface area contributed by atoms with Crippen molar-refractivity contribution in [1.82, 2.24) is 0 Å². The molecule has 1 heterocycles. The van der Waals surface area contributed by atoms with E-state index in [4.69, 9.17) is 9.47 Å². The molecule has 0 fully saturated rings. The fourth-order valence-corrected chi connectivity index (χ4v) is 2.31. The molecule has 3 nitrogen and oxygen atoms in total. The lowest BCUT2D eigenvalue weighted by atomic mass is 10.2. The van der Waals surface area contributed by atoms with Crippen LogP contribution in [0.3, 0.4) is 0 Å². The number of hydrogen-bond donors (Lipinski definition) is 0. The Hall–Kier alpha value is -0.780. The molecule has 0 saturated carbocycles. The van der Waals surface area contributed by atoms with Crippen molar-refractivity contribution in [2.75, 3.05) is 24.2 Å². The number of benzene rings is 1. The quantitative estimate of drug-likeness (QED) is 0.424. The number of alkyl halides is 1. The molecule has 1 aliphatic rings. The van der Waals surface area contributed by atoms with Gasteiger partial charge in [0.15, 0.2) is 0 Å². The highest BCUT2D eigenvalue weighted by molar-refractivity contribution is 14.1. The molecule has 0 atom stereocenters. The van der Waals surface area contributed by atoms with Crippen molar-refractivity contribution in [3.8, 4) is 5.75 Å². The van der Waals surface area contributed by atoms with Crippen LogP contribution in [0.1, 0.15) is 24.8 Å². The Balaban J connectivity index is 1.77. The summed E-state index contributed by atoms with van der Waals surface area (Å²) in [4.78, 5) is 4.28. The van der Waals surface area contributed by atoms with Gasteiger partial charge in [-0.25, -0.2) is 4.99 Å². The Morgan fingerprint density at radius 1 is 1.17 bits per heavy atom. The van der Waals surface area contributed by atoms with E-state index in [-0.39, 0.29) is 0 Å². The van der Waals surface area contributed by atoms with E-state index in [0.717, 1.165) is 36.8 Å². The van der Waals surface area contributed by atoms with Crippen molar-refractivity contribution < 1.29 is 9.47 Å².